The summed E-state index contributed by atoms with van der Waals surface area (Å²) in [7, 11) is 3.73. The molecular weight excluding hydrogens is 414 g/mol. The summed E-state index contributed by atoms with van der Waals surface area (Å²) >= 11 is 0. The summed E-state index contributed by atoms with van der Waals surface area (Å²) in [5, 5.41) is 10.7. The minimum Gasteiger partial charge on any atom is -0.390 e. The highest BCUT2D eigenvalue weighted by Gasteiger charge is 2.36. The van der Waals surface area contributed by atoms with Crippen molar-refractivity contribution < 1.29 is 14.7 Å². The average molecular weight is 460 g/mol. The fourth-order valence-electron chi connectivity index (χ4n) is 5.83. The van der Waals surface area contributed by atoms with E-state index in [1.807, 2.05) is 6.92 Å². The van der Waals surface area contributed by atoms with Crippen LogP contribution in [0.1, 0.15) is 71.1 Å². The van der Waals surface area contributed by atoms with Gasteiger partial charge in [-0.1, -0.05) is 54.2 Å². The molecule has 1 heterocycles. The minimum absolute atomic E-state index is 0.0334. The van der Waals surface area contributed by atoms with Crippen LogP contribution in [-0.4, -0.2) is 73.8 Å². The van der Waals surface area contributed by atoms with Gasteiger partial charge in [0, 0.05) is 25.4 Å². The largest absolute Gasteiger partial charge is 0.390 e. The van der Waals surface area contributed by atoms with Crippen LogP contribution in [-0.2, 0) is 9.63 Å². The number of carbonyl (C=O) groups excluding carboxylic acids is 1. The first-order valence-electron chi connectivity index (χ1n) is 13.0. The van der Waals surface area contributed by atoms with E-state index in [-0.39, 0.29) is 12.3 Å². The summed E-state index contributed by atoms with van der Waals surface area (Å²) in [6.07, 6.45) is 17.3. The van der Waals surface area contributed by atoms with Gasteiger partial charge >= 0.3 is 0 Å². The molecule has 4 bridgehead atoms. The van der Waals surface area contributed by atoms with Gasteiger partial charge < -0.3 is 19.6 Å². The van der Waals surface area contributed by atoms with Crippen LogP contribution in [0.5, 0.6) is 0 Å². The number of hydroxylamine groups is 1. The Morgan fingerprint density at radius 3 is 2.27 bits per heavy atom. The van der Waals surface area contributed by atoms with Crippen LogP contribution in [0.2, 0.25) is 0 Å². The highest BCUT2D eigenvalue weighted by atomic mass is 16.6. The second kappa shape index (κ2) is 13.5. The normalized spacial score (nSPS) is 23.2. The molecule has 0 radical (unpaired) electrons. The number of nitrogens with zero attached hydrogens (tertiary/aromatic N) is 2. The molecule has 186 valence electrons. The standard InChI is InChI=1S/C24H39N3O2.C3H6O/c1-26(16-20(28)17-27-13-5-3-4-6-14-27)24(25-29-2)12-11-23-21-9-10-22(23)19-8-7-18(21)15-19;1-2-3-4/h11-12,20,23-25,28H,3-10,13-17H2,1-2H3;3H,2H2,1H3. The molecule has 0 aromatic heterocycles. The van der Waals surface area contributed by atoms with Gasteiger partial charge in [0.05, 0.1) is 13.2 Å². The van der Waals surface area contributed by atoms with Gasteiger partial charge in [-0.3, -0.25) is 4.90 Å². The van der Waals surface area contributed by atoms with Crippen molar-refractivity contribution in [2.45, 2.75) is 83.4 Å². The van der Waals surface area contributed by atoms with Crippen molar-refractivity contribution in [1.29, 1.82) is 0 Å². The lowest BCUT2D eigenvalue weighted by molar-refractivity contribution is -0.107. The molecule has 1 aliphatic heterocycles. The molecule has 3 aliphatic carbocycles. The van der Waals surface area contributed by atoms with Gasteiger partial charge in [0.1, 0.15) is 12.5 Å². The van der Waals surface area contributed by atoms with Crippen molar-refractivity contribution in [3.8, 4) is 0 Å². The number of aliphatic hydroxyl groups excluding tert-OH is 1. The van der Waals surface area contributed by atoms with Gasteiger partial charge in [-0.15, -0.1) is 0 Å². The van der Waals surface area contributed by atoms with Crippen LogP contribution in [0.3, 0.4) is 0 Å². The number of β-amino-alcohol motifs (C(OH)–C–C–N with tert-alkyl or cyclic N) is 1. The number of hydrogen-bond acceptors (Lipinski definition) is 6. The zero-order valence-corrected chi connectivity index (χ0v) is 21.0. The van der Waals surface area contributed by atoms with E-state index in [0.717, 1.165) is 25.9 Å². The zero-order chi connectivity index (χ0) is 23.6. The van der Waals surface area contributed by atoms with Crippen LogP contribution in [0.4, 0.5) is 0 Å². The van der Waals surface area contributed by atoms with Crippen molar-refractivity contribution in [3.63, 3.8) is 0 Å². The molecule has 0 aromatic rings. The SMILES string of the molecule is CCC=O.CONC(C=CC1C2=C3CCC(=C1CC2)C3)N(C)CC(O)CN1CCCCCC1. The predicted molar refractivity (Wildman–Crippen MR) is 134 cm³/mol. The van der Waals surface area contributed by atoms with E-state index in [4.69, 9.17) is 4.84 Å². The van der Waals surface area contributed by atoms with Crippen LogP contribution in [0.25, 0.3) is 0 Å². The molecule has 0 amide bonds. The van der Waals surface area contributed by atoms with E-state index in [2.05, 4.69) is 34.5 Å². The van der Waals surface area contributed by atoms with E-state index in [1.54, 1.807) is 29.4 Å². The molecule has 4 rings (SSSR count). The van der Waals surface area contributed by atoms with Gasteiger partial charge in [0.15, 0.2) is 0 Å². The minimum atomic E-state index is -0.343. The Morgan fingerprint density at radius 2 is 1.73 bits per heavy atom. The molecule has 3 fully saturated rings. The fraction of sp³-hybridized carbons (Fsp3) is 0.741. The Kier molecular flexibility index (Phi) is 10.8. The summed E-state index contributed by atoms with van der Waals surface area (Å²) in [4.78, 5) is 19.0. The number of likely N-dealkylation sites (N-methyl/N-ethyl adjacent to an activating group) is 1. The van der Waals surface area contributed by atoms with Gasteiger partial charge in [-0.05, 0) is 65.1 Å². The van der Waals surface area contributed by atoms with E-state index in [1.165, 1.54) is 57.8 Å². The van der Waals surface area contributed by atoms with E-state index in [0.29, 0.717) is 18.9 Å². The van der Waals surface area contributed by atoms with Crippen LogP contribution < -0.4 is 5.48 Å². The number of nitrogens with one attached hydrogen (secondary N) is 1. The molecule has 0 spiro atoms. The number of aliphatic hydroxyl groups is 1. The molecule has 6 heteroatoms. The summed E-state index contributed by atoms with van der Waals surface area (Å²) in [5.74, 6) is 0.521. The first-order valence-corrected chi connectivity index (χ1v) is 13.0. The predicted octanol–water partition coefficient (Wildman–Crippen LogP) is 3.98. The van der Waals surface area contributed by atoms with Crippen LogP contribution in [0, 0.1) is 5.92 Å². The monoisotopic (exact) mass is 459 g/mol. The van der Waals surface area contributed by atoms with E-state index >= 15 is 0 Å². The number of rotatable bonds is 10. The highest BCUT2D eigenvalue weighted by Crippen LogP contribution is 2.52. The summed E-state index contributed by atoms with van der Waals surface area (Å²) < 4.78 is 0. The molecule has 6 nitrogen and oxygen atoms in total. The molecule has 4 aliphatic rings. The third-order valence-corrected chi connectivity index (χ3v) is 7.51. The third-order valence-electron chi connectivity index (χ3n) is 7.51. The fourth-order valence-corrected chi connectivity index (χ4v) is 5.83. The molecule has 2 atom stereocenters. The smallest absolute Gasteiger partial charge is 0.119 e. The molecule has 0 aromatic carbocycles. The van der Waals surface area contributed by atoms with Gasteiger partial charge in [0.2, 0.25) is 0 Å². The second-order valence-corrected chi connectivity index (χ2v) is 9.95. The number of carbonyl (C=O) groups is 1. The van der Waals surface area contributed by atoms with Crippen molar-refractivity contribution in [3.05, 3.63) is 34.4 Å². The topological polar surface area (TPSA) is 65.0 Å². The summed E-state index contributed by atoms with van der Waals surface area (Å²) in [6.45, 7) is 5.46. The Hall–Kier alpha value is -1.31. The molecular formula is C27H45N3O3. The lowest BCUT2D eigenvalue weighted by atomic mass is 9.87. The quantitative estimate of drug-likeness (QED) is 0.223. The maximum Gasteiger partial charge on any atom is 0.119 e. The van der Waals surface area contributed by atoms with Crippen LogP contribution in [0.15, 0.2) is 34.4 Å². The van der Waals surface area contributed by atoms with Crippen molar-refractivity contribution in [1.82, 2.24) is 15.3 Å². The van der Waals surface area contributed by atoms with Crippen molar-refractivity contribution in [2.24, 2.45) is 5.92 Å². The van der Waals surface area contributed by atoms with Crippen LogP contribution >= 0.6 is 0 Å². The Morgan fingerprint density at radius 1 is 1.12 bits per heavy atom. The number of likely N-dealkylation sites (tertiary alicyclic amines) is 1. The molecule has 1 saturated heterocycles. The number of hydrogen-bond donors (Lipinski definition) is 2. The van der Waals surface area contributed by atoms with Gasteiger partial charge in [-0.2, -0.15) is 5.48 Å². The summed E-state index contributed by atoms with van der Waals surface area (Å²) in [6, 6.07) is 0. The lowest BCUT2D eigenvalue weighted by Gasteiger charge is -2.30. The van der Waals surface area contributed by atoms with Crippen molar-refractivity contribution >= 4 is 6.29 Å². The molecule has 2 N–H and O–H groups in total. The third kappa shape index (κ3) is 7.33. The van der Waals surface area contributed by atoms with Crippen molar-refractivity contribution in [2.75, 3.05) is 40.3 Å². The average Bonchev–Trinajstić information content (AvgIpc) is 3.26. The Bertz CT molecular complexity index is 694. The number of aldehydes is 1. The molecule has 2 saturated carbocycles. The first kappa shape index (κ1) is 26.3. The Labute approximate surface area is 200 Å². The number of allylic oxidation sites excluding steroid dienone is 5. The molecule has 2 unspecified atom stereocenters. The van der Waals surface area contributed by atoms with Gasteiger partial charge in [-0.25, -0.2) is 0 Å². The first-order chi connectivity index (χ1) is 16.1. The van der Waals surface area contributed by atoms with E-state index in [9.17, 15) is 9.90 Å². The maximum absolute atomic E-state index is 10.7. The zero-order valence-electron chi connectivity index (χ0n) is 21.0. The molecule has 33 heavy (non-hydrogen) atoms. The van der Waals surface area contributed by atoms with Gasteiger partial charge in [0.25, 0.3) is 0 Å². The maximum atomic E-state index is 10.7. The highest BCUT2D eigenvalue weighted by molar-refractivity contribution is 5.49. The number of fused-ring (bicyclic) bond motifs is 4. The van der Waals surface area contributed by atoms with E-state index < -0.39 is 0 Å². The Balaban J connectivity index is 0.000000709. The second-order valence-electron chi connectivity index (χ2n) is 9.95. The summed E-state index contributed by atoms with van der Waals surface area (Å²) in [5.41, 5.74) is 9.93. The lowest BCUT2D eigenvalue weighted by Crippen LogP contribution is -2.47.